The van der Waals surface area contributed by atoms with Crippen LogP contribution in [-0.2, 0) is 4.79 Å². The molecule has 1 amide bonds. The molecule has 1 atom stereocenters. The van der Waals surface area contributed by atoms with E-state index in [1.807, 2.05) is 27.7 Å². The summed E-state index contributed by atoms with van der Waals surface area (Å²) in [5, 5.41) is 10.8. The number of nitrogens with zero attached hydrogens (tertiary/aromatic N) is 2. The Bertz CT molecular complexity index is 646. The van der Waals surface area contributed by atoms with E-state index in [4.69, 9.17) is 5.73 Å². The first-order chi connectivity index (χ1) is 9.86. The van der Waals surface area contributed by atoms with Crippen molar-refractivity contribution in [3.8, 4) is 0 Å². The van der Waals surface area contributed by atoms with Crippen LogP contribution >= 0.6 is 23.1 Å². The molecule has 0 aliphatic heterocycles. The quantitative estimate of drug-likeness (QED) is 0.845. The number of anilines is 2. The fourth-order valence-electron chi connectivity index (χ4n) is 2.07. The topological polar surface area (TPSA) is 80.9 Å². The number of benzene rings is 1. The van der Waals surface area contributed by atoms with Crippen molar-refractivity contribution in [2.24, 2.45) is 0 Å². The molecule has 1 aromatic carbocycles. The Kier molecular flexibility index (Phi) is 4.84. The molecule has 2 aromatic rings. The van der Waals surface area contributed by atoms with Crippen LogP contribution < -0.4 is 11.1 Å². The zero-order chi connectivity index (χ0) is 15.6. The average molecular weight is 322 g/mol. The number of aryl methyl sites for hydroxylation is 3. The molecule has 0 radical (unpaired) electrons. The number of amides is 1. The van der Waals surface area contributed by atoms with Crippen molar-refractivity contribution in [1.82, 2.24) is 10.2 Å². The molecule has 3 N–H and O–H groups in total. The van der Waals surface area contributed by atoms with E-state index in [0.717, 1.165) is 16.8 Å². The summed E-state index contributed by atoms with van der Waals surface area (Å²) in [7, 11) is 0. The molecule has 112 valence electrons. The highest BCUT2D eigenvalue weighted by Crippen LogP contribution is 2.29. The van der Waals surface area contributed by atoms with E-state index < -0.39 is 0 Å². The smallest absolute Gasteiger partial charge is 0.237 e. The van der Waals surface area contributed by atoms with E-state index in [0.29, 0.717) is 9.47 Å². The van der Waals surface area contributed by atoms with Crippen LogP contribution in [0.2, 0.25) is 0 Å². The molecule has 1 heterocycles. The number of carbonyl (C=O) groups excluding carboxylic acids is 1. The van der Waals surface area contributed by atoms with E-state index in [9.17, 15) is 4.79 Å². The predicted molar refractivity (Wildman–Crippen MR) is 88.9 cm³/mol. The lowest BCUT2D eigenvalue weighted by Crippen LogP contribution is -2.23. The average Bonchev–Trinajstić information content (AvgIpc) is 2.78. The van der Waals surface area contributed by atoms with Crippen molar-refractivity contribution in [3.63, 3.8) is 0 Å². The molecule has 0 aliphatic carbocycles. The lowest BCUT2D eigenvalue weighted by molar-refractivity contribution is -0.115. The maximum absolute atomic E-state index is 12.3. The highest BCUT2D eigenvalue weighted by atomic mass is 32.2. The SMILES string of the molecule is Cc1cc(C)c(NC(=O)[C@H](C)Sc2nnc(N)s2)c(C)c1. The van der Waals surface area contributed by atoms with Gasteiger partial charge >= 0.3 is 0 Å². The van der Waals surface area contributed by atoms with Gasteiger partial charge in [0.25, 0.3) is 0 Å². The minimum absolute atomic E-state index is 0.0520. The molecule has 0 saturated carbocycles. The molecular formula is C14H18N4OS2. The van der Waals surface area contributed by atoms with Crippen LogP contribution in [0, 0.1) is 20.8 Å². The summed E-state index contributed by atoms with van der Waals surface area (Å²) in [5.41, 5.74) is 9.75. The summed E-state index contributed by atoms with van der Waals surface area (Å²) < 4.78 is 0.701. The summed E-state index contributed by atoms with van der Waals surface area (Å²) in [6.45, 7) is 7.89. The Hall–Kier alpha value is -1.60. The third kappa shape index (κ3) is 3.95. The third-order valence-electron chi connectivity index (χ3n) is 2.99. The Labute approximate surface area is 132 Å². The van der Waals surface area contributed by atoms with Gasteiger partial charge < -0.3 is 11.1 Å². The van der Waals surface area contributed by atoms with Crippen LogP contribution in [0.15, 0.2) is 16.5 Å². The highest BCUT2D eigenvalue weighted by molar-refractivity contribution is 8.02. The number of thioether (sulfide) groups is 1. The number of hydrogen-bond acceptors (Lipinski definition) is 6. The van der Waals surface area contributed by atoms with Crippen molar-refractivity contribution < 1.29 is 4.79 Å². The van der Waals surface area contributed by atoms with Crippen molar-refractivity contribution >= 4 is 39.8 Å². The molecule has 0 unspecified atom stereocenters. The number of rotatable bonds is 4. The zero-order valence-corrected chi connectivity index (χ0v) is 14.1. The van der Waals surface area contributed by atoms with Gasteiger partial charge in [-0.2, -0.15) is 0 Å². The van der Waals surface area contributed by atoms with Gasteiger partial charge in [0.1, 0.15) is 0 Å². The van der Waals surface area contributed by atoms with Gasteiger partial charge in [-0.05, 0) is 38.8 Å². The number of carbonyl (C=O) groups is 1. The van der Waals surface area contributed by atoms with Crippen molar-refractivity contribution in [2.75, 3.05) is 11.1 Å². The number of nitrogens with two attached hydrogens (primary N) is 1. The minimum Gasteiger partial charge on any atom is -0.374 e. The highest BCUT2D eigenvalue weighted by Gasteiger charge is 2.18. The second-order valence-electron chi connectivity index (χ2n) is 4.93. The van der Waals surface area contributed by atoms with E-state index in [2.05, 4.69) is 27.6 Å². The molecule has 1 aromatic heterocycles. The van der Waals surface area contributed by atoms with E-state index >= 15 is 0 Å². The maximum atomic E-state index is 12.3. The van der Waals surface area contributed by atoms with Gasteiger partial charge in [-0.15, -0.1) is 10.2 Å². The molecule has 21 heavy (non-hydrogen) atoms. The lowest BCUT2D eigenvalue weighted by Gasteiger charge is -2.15. The third-order valence-corrected chi connectivity index (χ3v) is 4.93. The number of aromatic nitrogens is 2. The summed E-state index contributed by atoms with van der Waals surface area (Å²) >= 11 is 2.65. The summed E-state index contributed by atoms with van der Waals surface area (Å²) in [4.78, 5) is 12.3. The number of nitrogen functional groups attached to an aromatic ring is 1. The second kappa shape index (κ2) is 6.44. The van der Waals surface area contributed by atoms with Gasteiger partial charge in [0.05, 0.1) is 5.25 Å². The molecule has 0 spiro atoms. The molecule has 2 rings (SSSR count). The Balaban J connectivity index is 2.07. The largest absolute Gasteiger partial charge is 0.374 e. The number of hydrogen-bond donors (Lipinski definition) is 2. The standard InChI is InChI=1S/C14H18N4OS2/c1-7-5-8(2)11(9(3)6-7)16-12(19)10(4)20-14-18-17-13(15)21-14/h5-6,10H,1-4H3,(H2,15,17)(H,16,19)/t10-/m0/s1. The van der Waals surface area contributed by atoms with Crippen molar-refractivity contribution in [3.05, 3.63) is 28.8 Å². The van der Waals surface area contributed by atoms with Gasteiger partial charge in [0, 0.05) is 5.69 Å². The van der Waals surface area contributed by atoms with Crippen molar-refractivity contribution in [1.29, 1.82) is 0 Å². The first-order valence-corrected chi connectivity index (χ1v) is 8.20. The molecule has 5 nitrogen and oxygen atoms in total. The van der Waals surface area contributed by atoms with Gasteiger partial charge in [0.15, 0.2) is 4.34 Å². The van der Waals surface area contributed by atoms with Crippen LogP contribution in [0.4, 0.5) is 10.8 Å². The first kappa shape index (κ1) is 15.8. The van der Waals surface area contributed by atoms with Gasteiger partial charge in [-0.1, -0.05) is 40.8 Å². The van der Waals surface area contributed by atoms with Crippen LogP contribution in [0.1, 0.15) is 23.6 Å². The fraction of sp³-hybridized carbons (Fsp3) is 0.357. The Morgan fingerprint density at radius 2 is 1.90 bits per heavy atom. The first-order valence-electron chi connectivity index (χ1n) is 6.51. The second-order valence-corrected chi connectivity index (χ2v) is 7.53. The molecule has 0 bridgehead atoms. The van der Waals surface area contributed by atoms with Crippen molar-refractivity contribution in [2.45, 2.75) is 37.3 Å². The van der Waals surface area contributed by atoms with Crippen LogP contribution in [0.3, 0.4) is 0 Å². The van der Waals surface area contributed by atoms with Gasteiger partial charge in [-0.25, -0.2) is 0 Å². The molecule has 0 fully saturated rings. The van der Waals surface area contributed by atoms with E-state index in [-0.39, 0.29) is 11.2 Å². The lowest BCUT2D eigenvalue weighted by atomic mass is 10.1. The molecule has 7 heteroatoms. The number of nitrogens with one attached hydrogen (secondary N) is 1. The van der Waals surface area contributed by atoms with Gasteiger partial charge in [-0.3, -0.25) is 4.79 Å². The monoisotopic (exact) mass is 322 g/mol. The summed E-state index contributed by atoms with van der Waals surface area (Å²) in [6, 6.07) is 4.12. The zero-order valence-electron chi connectivity index (χ0n) is 12.4. The van der Waals surface area contributed by atoms with Crippen LogP contribution in [-0.4, -0.2) is 21.4 Å². The Morgan fingerprint density at radius 3 is 2.43 bits per heavy atom. The minimum atomic E-state index is -0.266. The molecule has 0 aliphatic rings. The fourth-order valence-corrected chi connectivity index (χ4v) is 3.85. The molecular weight excluding hydrogens is 304 g/mol. The summed E-state index contributed by atoms with van der Waals surface area (Å²) in [6.07, 6.45) is 0. The maximum Gasteiger partial charge on any atom is 0.237 e. The predicted octanol–water partition coefficient (Wildman–Crippen LogP) is 3.16. The van der Waals surface area contributed by atoms with E-state index in [1.54, 1.807) is 0 Å². The van der Waals surface area contributed by atoms with Crippen LogP contribution in [0.5, 0.6) is 0 Å². The Morgan fingerprint density at radius 1 is 1.29 bits per heavy atom. The van der Waals surface area contributed by atoms with Crippen LogP contribution in [0.25, 0.3) is 0 Å². The van der Waals surface area contributed by atoms with E-state index in [1.165, 1.54) is 28.7 Å². The normalized spacial score (nSPS) is 12.2. The molecule has 0 saturated heterocycles. The van der Waals surface area contributed by atoms with Gasteiger partial charge in [0.2, 0.25) is 11.0 Å². The summed E-state index contributed by atoms with van der Waals surface area (Å²) in [5.74, 6) is -0.0520.